The molecule has 0 heterocycles. The maximum atomic E-state index is 9.33. The van der Waals surface area contributed by atoms with Gasteiger partial charge in [0.15, 0.2) is 0 Å². The largest absolute Gasteiger partial charge is 0.508 e. The van der Waals surface area contributed by atoms with Crippen molar-refractivity contribution in [1.82, 2.24) is 0 Å². The molecule has 16 heavy (non-hydrogen) atoms. The highest BCUT2D eigenvalue weighted by Gasteiger charge is 2.00. The van der Waals surface area contributed by atoms with Crippen LogP contribution in [0.1, 0.15) is 0 Å². The van der Waals surface area contributed by atoms with E-state index in [1.54, 1.807) is 24.3 Å². The molecule has 0 aliphatic rings. The fourth-order valence-electron chi connectivity index (χ4n) is 1.29. The molecule has 0 amide bonds. The quantitative estimate of drug-likeness (QED) is 0.800. The van der Waals surface area contributed by atoms with Crippen LogP contribution in [0.25, 0.3) is 0 Å². The van der Waals surface area contributed by atoms with Crippen LogP contribution in [0.4, 0.5) is 0 Å². The van der Waals surface area contributed by atoms with E-state index in [1.165, 1.54) is 11.8 Å². The Labute approximate surface area is 97.8 Å². The van der Waals surface area contributed by atoms with E-state index < -0.39 is 0 Å². The van der Waals surface area contributed by atoms with Gasteiger partial charge in [0.2, 0.25) is 0 Å². The second-order valence-electron chi connectivity index (χ2n) is 3.19. The average molecular weight is 233 g/mol. The van der Waals surface area contributed by atoms with Crippen LogP contribution >= 0.6 is 11.8 Å². The van der Waals surface area contributed by atoms with Crippen molar-refractivity contribution in [3.63, 3.8) is 0 Å². The van der Waals surface area contributed by atoms with Gasteiger partial charge in [-0.3, -0.25) is 0 Å². The lowest BCUT2D eigenvalue weighted by molar-refractivity contribution is 0.333. The molecule has 3 nitrogen and oxygen atoms in total. The van der Waals surface area contributed by atoms with E-state index >= 15 is 0 Å². The van der Waals surface area contributed by atoms with Crippen LogP contribution in [0.5, 0.6) is 11.5 Å². The molecule has 82 valence electrons. The van der Waals surface area contributed by atoms with Gasteiger partial charge >= 0.3 is 0 Å². The molecule has 0 aromatic heterocycles. The predicted molar refractivity (Wildman–Crippen MR) is 63.5 cm³/mol. The molecule has 0 aliphatic carbocycles. The summed E-state index contributed by atoms with van der Waals surface area (Å²) >= 11 is 1.54. The summed E-state index contributed by atoms with van der Waals surface area (Å²) in [5, 5.41) is 9.33. The van der Waals surface area contributed by atoms with Crippen molar-refractivity contribution in [3.05, 3.63) is 48.5 Å². The Morgan fingerprint density at radius 1 is 1.00 bits per heavy atom. The van der Waals surface area contributed by atoms with Gasteiger partial charge in [0.25, 0.3) is 0 Å². The Kier molecular flexibility index (Phi) is 3.34. The van der Waals surface area contributed by atoms with E-state index in [-0.39, 0.29) is 5.75 Å². The summed E-state index contributed by atoms with van der Waals surface area (Å²) in [6, 6.07) is 14.5. The van der Waals surface area contributed by atoms with Crippen molar-refractivity contribution >= 4 is 11.8 Å². The molecule has 3 N–H and O–H groups in total. The zero-order chi connectivity index (χ0) is 11.4. The minimum Gasteiger partial charge on any atom is -0.508 e. The fraction of sp³-hybridized carbons (Fsp3) is 0. The first-order valence-electron chi connectivity index (χ1n) is 4.71. The smallest absolute Gasteiger partial charge is 0.147 e. The molecule has 4 heteroatoms. The van der Waals surface area contributed by atoms with Crippen molar-refractivity contribution in [2.24, 2.45) is 5.90 Å². The third kappa shape index (κ3) is 2.68. The van der Waals surface area contributed by atoms with Crippen molar-refractivity contribution in [1.29, 1.82) is 0 Å². The second kappa shape index (κ2) is 4.92. The third-order valence-corrected chi connectivity index (χ3v) is 2.97. The summed E-state index contributed by atoms with van der Waals surface area (Å²) in [4.78, 5) is 6.63. The Morgan fingerprint density at radius 2 is 1.69 bits per heavy atom. The van der Waals surface area contributed by atoms with Crippen LogP contribution in [0, 0.1) is 0 Å². The van der Waals surface area contributed by atoms with Gasteiger partial charge in [0.05, 0.1) is 0 Å². The van der Waals surface area contributed by atoms with Gasteiger partial charge in [-0.25, -0.2) is 0 Å². The highest BCUT2D eigenvalue weighted by Crippen LogP contribution is 2.31. The summed E-state index contributed by atoms with van der Waals surface area (Å²) in [6.45, 7) is 0. The first kappa shape index (κ1) is 10.9. The normalized spacial score (nSPS) is 10.1. The van der Waals surface area contributed by atoms with E-state index in [1.807, 2.05) is 24.3 Å². The van der Waals surface area contributed by atoms with Gasteiger partial charge in [-0.15, -0.1) is 0 Å². The van der Waals surface area contributed by atoms with Crippen LogP contribution in [0.15, 0.2) is 58.3 Å². The van der Waals surface area contributed by atoms with Crippen LogP contribution in [-0.2, 0) is 0 Å². The lowest BCUT2D eigenvalue weighted by Gasteiger charge is -2.04. The van der Waals surface area contributed by atoms with Crippen LogP contribution in [-0.4, -0.2) is 5.11 Å². The van der Waals surface area contributed by atoms with Crippen LogP contribution < -0.4 is 10.7 Å². The second-order valence-corrected chi connectivity index (χ2v) is 4.34. The SMILES string of the molecule is NOc1cccc(Sc2cccc(O)c2)c1. The van der Waals surface area contributed by atoms with Gasteiger partial charge in [0, 0.05) is 9.79 Å². The number of hydrogen-bond donors (Lipinski definition) is 2. The molecule has 0 atom stereocenters. The minimum atomic E-state index is 0.260. The van der Waals surface area contributed by atoms with Gasteiger partial charge in [-0.1, -0.05) is 23.9 Å². The van der Waals surface area contributed by atoms with Gasteiger partial charge in [0.1, 0.15) is 11.5 Å². The molecular weight excluding hydrogens is 222 g/mol. The maximum absolute atomic E-state index is 9.33. The molecular formula is C12H11NO2S. The highest BCUT2D eigenvalue weighted by atomic mass is 32.2. The number of phenols is 1. The summed E-state index contributed by atoms with van der Waals surface area (Å²) in [5.41, 5.74) is 0. The summed E-state index contributed by atoms with van der Waals surface area (Å²) in [5.74, 6) is 5.96. The topological polar surface area (TPSA) is 55.5 Å². The van der Waals surface area contributed by atoms with Crippen molar-refractivity contribution in [3.8, 4) is 11.5 Å². The van der Waals surface area contributed by atoms with Crippen molar-refractivity contribution < 1.29 is 9.94 Å². The zero-order valence-corrected chi connectivity index (χ0v) is 9.28. The molecule has 0 saturated heterocycles. The fourth-order valence-corrected chi connectivity index (χ4v) is 2.21. The molecule has 0 aliphatic heterocycles. The number of rotatable bonds is 3. The molecule has 2 aromatic rings. The van der Waals surface area contributed by atoms with E-state index in [4.69, 9.17) is 5.90 Å². The Morgan fingerprint density at radius 3 is 2.38 bits per heavy atom. The standard InChI is InChI=1S/C12H11NO2S/c13-15-10-4-2-6-12(8-10)16-11-5-1-3-9(14)7-11/h1-8,14H,13H2. The minimum absolute atomic E-state index is 0.260. The van der Waals surface area contributed by atoms with Crippen molar-refractivity contribution in [2.45, 2.75) is 9.79 Å². The van der Waals surface area contributed by atoms with E-state index in [2.05, 4.69) is 4.84 Å². The zero-order valence-electron chi connectivity index (χ0n) is 8.46. The van der Waals surface area contributed by atoms with Crippen LogP contribution in [0.2, 0.25) is 0 Å². The molecule has 0 radical (unpaired) electrons. The molecule has 0 unspecified atom stereocenters. The number of aromatic hydroxyl groups is 1. The molecule has 0 bridgehead atoms. The van der Waals surface area contributed by atoms with Gasteiger partial charge in [-0.2, -0.15) is 5.90 Å². The third-order valence-electron chi connectivity index (χ3n) is 1.99. The summed E-state index contributed by atoms with van der Waals surface area (Å²) < 4.78 is 0. The summed E-state index contributed by atoms with van der Waals surface area (Å²) in [7, 11) is 0. The van der Waals surface area contributed by atoms with Crippen LogP contribution in [0.3, 0.4) is 0 Å². The Bertz CT molecular complexity index is 488. The van der Waals surface area contributed by atoms with E-state index in [0.717, 1.165) is 9.79 Å². The number of phenolic OH excluding ortho intramolecular Hbond substituents is 1. The maximum Gasteiger partial charge on any atom is 0.147 e. The summed E-state index contributed by atoms with van der Waals surface area (Å²) in [6.07, 6.45) is 0. The molecule has 0 spiro atoms. The predicted octanol–water partition coefficient (Wildman–Crippen LogP) is 2.80. The molecule has 0 fully saturated rings. The number of nitrogens with two attached hydrogens (primary N) is 1. The molecule has 0 saturated carbocycles. The lowest BCUT2D eigenvalue weighted by atomic mass is 10.3. The van der Waals surface area contributed by atoms with E-state index in [0.29, 0.717) is 5.75 Å². The Hall–Kier alpha value is -1.65. The first-order valence-corrected chi connectivity index (χ1v) is 5.53. The lowest BCUT2D eigenvalue weighted by Crippen LogP contribution is -2.01. The Balaban J connectivity index is 2.20. The first-order chi connectivity index (χ1) is 7.78. The van der Waals surface area contributed by atoms with Gasteiger partial charge < -0.3 is 9.94 Å². The van der Waals surface area contributed by atoms with E-state index in [9.17, 15) is 5.11 Å². The number of hydrogen-bond acceptors (Lipinski definition) is 4. The molecule has 2 aromatic carbocycles. The van der Waals surface area contributed by atoms with Gasteiger partial charge in [-0.05, 0) is 36.4 Å². The molecule has 2 rings (SSSR count). The highest BCUT2D eigenvalue weighted by molar-refractivity contribution is 7.99. The van der Waals surface area contributed by atoms with Crippen molar-refractivity contribution in [2.75, 3.05) is 0 Å². The average Bonchev–Trinajstić information content (AvgIpc) is 2.29. The number of benzene rings is 2. The monoisotopic (exact) mass is 233 g/mol.